The zero-order chi connectivity index (χ0) is 29.1. The van der Waals surface area contributed by atoms with Crippen LogP contribution in [0.3, 0.4) is 0 Å². The molecule has 0 unspecified atom stereocenters. The lowest BCUT2D eigenvalue weighted by molar-refractivity contribution is -0.155. The Morgan fingerprint density at radius 2 is 0.676 bits per heavy atom. The van der Waals surface area contributed by atoms with E-state index in [0.29, 0.717) is 11.1 Å². The molecule has 0 aromatic heterocycles. The summed E-state index contributed by atoms with van der Waals surface area (Å²) in [7, 11) is 0. The molecule has 0 amide bonds. The molecule has 0 saturated heterocycles. The third-order valence-electron chi connectivity index (χ3n) is 7.19. The van der Waals surface area contributed by atoms with Crippen molar-refractivity contribution < 1.29 is 19.8 Å². The van der Waals surface area contributed by atoms with E-state index in [0.717, 1.165) is 33.4 Å². The van der Waals surface area contributed by atoms with Crippen LogP contribution in [0.2, 0.25) is 0 Å². The van der Waals surface area contributed by atoms with Gasteiger partial charge in [0.15, 0.2) is 0 Å². The summed E-state index contributed by atoms with van der Waals surface area (Å²) in [6, 6.07) is 7.92. The van der Waals surface area contributed by atoms with Gasteiger partial charge in [0.1, 0.15) is 0 Å². The molecule has 0 saturated carbocycles. The third kappa shape index (κ3) is 5.49. The van der Waals surface area contributed by atoms with E-state index in [9.17, 15) is 19.8 Å². The van der Waals surface area contributed by atoms with Crippen LogP contribution in [-0.2, 0) is 36.7 Å². The first-order valence-electron chi connectivity index (χ1n) is 13.2. The molecular formula is C33H48O4. The highest BCUT2D eigenvalue weighted by Crippen LogP contribution is 2.50. The minimum Gasteiger partial charge on any atom is -0.480 e. The summed E-state index contributed by atoms with van der Waals surface area (Å²) >= 11 is 0. The lowest BCUT2D eigenvalue weighted by atomic mass is 9.59. The number of rotatable bonds is 4. The van der Waals surface area contributed by atoms with E-state index in [-0.39, 0.29) is 0 Å². The Morgan fingerprint density at radius 1 is 0.486 bits per heavy atom. The molecule has 0 aliphatic carbocycles. The van der Waals surface area contributed by atoms with Gasteiger partial charge >= 0.3 is 11.9 Å². The quantitative estimate of drug-likeness (QED) is 0.411. The Bertz CT molecular complexity index is 1050. The van der Waals surface area contributed by atoms with Gasteiger partial charge in [0.25, 0.3) is 0 Å². The van der Waals surface area contributed by atoms with Crippen molar-refractivity contribution in [3.8, 4) is 0 Å². The summed E-state index contributed by atoms with van der Waals surface area (Å²) in [6.07, 6.45) is 0. The Labute approximate surface area is 224 Å². The van der Waals surface area contributed by atoms with E-state index in [4.69, 9.17) is 0 Å². The number of carboxylic acid groups (broad SMARTS) is 2. The fourth-order valence-corrected chi connectivity index (χ4v) is 5.39. The van der Waals surface area contributed by atoms with E-state index in [1.807, 2.05) is 121 Å². The van der Waals surface area contributed by atoms with Gasteiger partial charge in [-0.3, -0.25) is 9.59 Å². The van der Waals surface area contributed by atoms with E-state index < -0.39 is 39.0 Å². The first-order chi connectivity index (χ1) is 16.4. The molecule has 0 bridgehead atoms. The minimum atomic E-state index is -2.31. The van der Waals surface area contributed by atoms with E-state index in [1.165, 1.54) is 0 Å². The molecule has 2 N–H and O–H groups in total. The highest BCUT2D eigenvalue weighted by atomic mass is 16.4. The Kier molecular flexibility index (Phi) is 7.68. The van der Waals surface area contributed by atoms with Crippen molar-refractivity contribution in [2.75, 3.05) is 0 Å². The van der Waals surface area contributed by atoms with Gasteiger partial charge < -0.3 is 10.2 Å². The van der Waals surface area contributed by atoms with Crippen molar-refractivity contribution in [3.05, 3.63) is 68.8 Å². The van der Waals surface area contributed by atoms with Crippen LogP contribution in [0.4, 0.5) is 0 Å². The lowest BCUT2D eigenvalue weighted by Crippen LogP contribution is -2.50. The fraction of sp³-hybridized carbons (Fsp3) is 0.576. The number of carboxylic acids is 2. The molecule has 2 aromatic rings. The highest BCUT2D eigenvalue weighted by molar-refractivity contribution is 6.10. The van der Waals surface area contributed by atoms with Crippen LogP contribution in [0, 0.1) is 13.8 Å². The monoisotopic (exact) mass is 508 g/mol. The van der Waals surface area contributed by atoms with Gasteiger partial charge in [0.2, 0.25) is 5.41 Å². The Hall–Kier alpha value is -2.62. The van der Waals surface area contributed by atoms with Crippen LogP contribution in [0.15, 0.2) is 24.3 Å². The van der Waals surface area contributed by atoms with Crippen LogP contribution in [0.5, 0.6) is 0 Å². The van der Waals surface area contributed by atoms with E-state index >= 15 is 0 Å². The maximum atomic E-state index is 13.8. The predicted octanol–water partition coefficient (Wildman–Crippen LogP) is 7.95. The molecule has 0 atom stereocenters. The topological polar surface area (TPSA) is 74.6 Å². The maximum absolute atomic E-state index is 13.8. The minimum absolute atomic E-state index is 0.387. The molecule has 0 fully saturated rings. The zero-order valence-corrected chi connectivity index (χ0v) is 25.5. The molecule has 0 heterocycles. The Morgan fingerprint density at radius 3 is 0.811 bits per heavy atom. The van der Waals surface area contributed by atoms with Crippen LogP contribution in [0.25, 0.3) is 0 Å². The van der Waals surface area contributed by atoms with Crippen LogP contribution < -0.4 is 0 Å². The molecule has 0 radical (unpaired) electrons. The first-order valence-corrected chi connectivity index (χ1v) is 13.2. The van der Waals surface area contributed by atoms with Crippen LogP contribution in [-0.4, -0.2) is 22.2 Å². The fourth-order valence-electron chi connectivity index (χ4n) is 5.39. The largest absolute Gasteiger partial charge is 0.480 e. The standard InChI is InChI=1S/C33H48O4/c1-19-15-21(29(3,4)5)25(22(16-19)30(6,7)8)33(27(34)35,28(36)37)26-23(31(9,10)11)17-20(2)18-24(26)32(12,13)14/h15-18H,1-14H3,(H,34,35)(H,36,37). The summed E-state index contributed by atoms with van der Waals surface area (Å²) in [6.45, 7) is 28.3. The normalized spacial score (nSPS) is 13.6. The van der Waals surface area contributed by atoms with Crippen LogP contribution >= 0.6 is 0 Å². The maximum Gasteiger partial charge on any atom is 0.330 e. The van der Waals surface area contributed by atoms with Crippen molar-refractivity contribution in [1.29, 1.82) is 0 Å². The molecule has 0 aliphatic rings. The molecular weight excluding hydrogens is 460 g/mol. The smallest absolute Gasteiger partial charge is 0.330 e. The van der Waals surface area contributed by atoms with Crippen molar-refractivity contribution in [3.63, 3.8) is 0 Å². The van der Waals surface area contributed by atoms with Gasteiger partial charge in [-0.1, -0.05) is 118 Å². The average molecular weight is 509 g/mol. The van der Waals surface area contributed by atoms with Crippen molar-refractivity contribution in [2.24, 2.45) is 0 Å². The molecule has 2 rings (SSSR count). The molecule has 37 heavy (non-hydrogen) atoms. The molecule has 4 heteroatoms. The van der Waals surface area contributed by atoms with Gasteiger partial charge in [0.05, 0.1) is 0 Å². The summed E-state index contributed by atoms with van der Waals surface area (Å²) in [4.78, 5) is 27.5. The average Bonchev–Trinajstić information content (AvgIpc) is 2.65. The second kappa shape index (κ2) is 9.29. The first kappa shape index (κ1) is 30.6. The van der Waals surface area contributed by atoms with Gasteiger partial charge in [-0.2, -0.15) is 0 Å². The second-order valence-electron chi connectivity index (χ2n) is 14.8. The lowest BCUT2D eigenvalue weighted by Gasteiger charge is -2.42. The SMILES string of the molecule is Cc1cc(C(C)(C)C)c(C(C(=O)O)(C(=O)O)c2c(C(C)(C)C)cc(C)cc2C(C)(C)C)c(C(C)(C)C)c1. The summed E-state index contributed by atoms with van der Waals surface area (Å²) in [5, 5.41) is 22.4. The summed E-state index contributed by atoms with van der Waals surface area (Å²) < 4.78 is 0. The number of carbonyl (C=O) groups is 2. The van der Waals surface area contributed by atoms with Crippen molar-refractivity contribution in [1.82, 2.24) is 0 Å². The highest BCUT2D eigenvalue weighted by Gasteiger charge is 2.57. The number of hydrogen-bond donors (Lipinski definition) is 2. The van der Waals surface area contributed by atoms with Crippen molar-refractivity contribution >= 4 is 11.9 Å². The molecule has 0 aliphatic heterocycles. The van der Waals surface area contributed by atoms with Crippen LogP contribution in [0.1, 0.15) is 128 Å². The number of aliphatic carboxylic acids is 2. The molecule has 0 spiro atoms. The van der Waals surface area contributed by atoms with Gasteiger partial charge in [0, 0.05) is 0 Å². The van der Waals surface area contributed by atoms with Crippen molar-refractivity contribution in [2.45, 2.75) is 124 Å². The summed E-state index contributed by atoms with van der Waals surface area (Å²) in [5.41, 5.74) is 1.47. The number of benzene rings is 2. The molecule has 204 valence electrons. The van der Waals surface area contributed by atoms with E-state index in [2.05, 4.69) is 0 Å². The number of hydrogen-bond acceptors (Lipinski definition) is 2. The second-order valence-corrected chi connectivity index (χ2v) is 14.8. The Balaban J connectivity index is 3.55. The van der Waals surface area contributed by atoms with Gasteiger partial charge in [-0.05, 0) is 68.9 Å². The number of aryl methyl sites for hydroxylation is 2. The molecule has 4 nitrogen and oxygen atoms in total. The summed E-state index contributed by atoms with van der Waals surface area (Å²) in [5.74, 6) is -2.72. The van der Waals surface area contributed by atoms with E-state index in [1.54, 1.807) is 0 Å². The van der Waals surface area contributed by atoms with Gasteiger partial charge in [-0.15, -0.1) is 0 Å². The predicted molar refractivity (Wildman–Crippen MR) is 153 cm³/mol. The zero-order valence-electron chi connectivity index (χ0n) is 25.5. The third-order valence-corrected chi connectivity index (χ3v) is 7.19. The molecule has 2 aromatic carbocycles. The van der Waals surface area contributed by atoms with Gasteiger partial charge in [-0.25, -0.2) is 0 Å².